The Morgan fingerprint density at radius 2 is 1.96 bits per heavy atom. The van der Waals surface area contributed by atoms with Gasteiger partial charge in [-0.15, -0.1) is 10.2 Å². The Morgan fingerprint density at radius 3 is 2.75 bits per heavy atom. The smallest absolute Gasteiger partial charge is 0.228 e. The zero-order chi connectivity index (χ0) is 19.2. The first-order valence-electron chi connectivity index (χ1n) is 9.47. The van der Waals surface area contributed by atoms with E-state index in [1.165, 1.54) is 0 Å². The van der Waals surface area contributed by atoms with Gasteiger partial charge in [0, 0.05) is 49.8 Å². The number of rotatable bonds is 8. The number of aryl methyl sites for hydroxylation is 1. The summed E-state index contributed by atoms with van der Waals surface area (Å²) in [6.45, 7) is 6.17. The fourth-order valence-electron chi connectivity index (χ4n) is 3.02. The van der Waals surface area contributed by atoms with Gasteiger partial charge in [-0.1, -0.05) is 16.9 Å². The van der Waals surface area contributed by atoms with Crippen molar-refractivity contribution in [2.24, 2.45) is 0 Å². The van der Waals surface area contributed by atoms with Gasteiger partial charge in [-0.2, -0.15) is 4.98 Å². The van der Waals surface area contributed by atoms with E-state index in [1.54, 1.807) is 24.2 Å². The predicted molar refractivity (Wildman–Crippen MR) is 105 cm³/mol. The maximum atomic E-state index is 5.43. The molecule has 0 N–H and O–H groups in total. The summed E-state index contributed by atoms with van der Waals surface area (Å²) in [5.41, 5.74) is 0.908. The van der Waals surface area contributed by atoms with Crippen LogP contribution in [0.3, 0.4) is 0 Å². The van der Waals surface area contributed by atoms with Crippen molar-refractivity contribution in [3.63, 3.8) is 0 Å². The van der Waals surface area contributed by atoms with E-state index >= 15 is 0 Å². The van der Waals surface area contributed by atoms with Crippen LogP contribution in [0.4, 0.5) is 5.95 Å². The minimum Gasteiger partial charge on any atom is -0.378 e. The number of hydrogen-bond donors (Lipinski definition) is 0. The monoisotopic (exact) mass is 401 g/mol. The molecule has 0 amide bonds. The fraction of sp³-hybridized carbons (Fsp3) is 0.500. The van der Waals surface area contributed by atoms with Gasteiger partial charge in [0.25, 0.3) is 0 Å². The quantitative estimate of drug-likeness (QED) is 0.416. The van der Waals surface area contributed by atoms with E-state index in [-0.39, 0.29) is 0 Å². The van der Waals surface area contributed by atoms with Crippen LogP contribution in [0.15, 0.2) is 34.2 Å². The molecule has 1 fully saturated rings. The van der Waals surface area contributed by atoms with Crippen LogP contribution in [0.1, 0.15) is 19.2 Å². The van der Waals surface area contributed by atoms with E-state index < -0.39 is 0 Å². The summed E-state index contributed by atoms with van der Waals surface area (Å²) in [5.74, 6) is 3.10. The van der Waals surface area contributed by atoms with Gasteiger partial charge in [0.15, 0.2) is 5.16 Å². The average Bonchev–Trinajstić information content (AvgIpc) is 3.39. The third-order valence-electron chi connectivity index (χ3n) is 4.48. The van der Waals surface area contributed by atoms with E-state index in [0.717, 1.165) is 68.1 Å². The van der Waals surface area contributed by atoms with Gasteiger partial charge in [0.05, 0.1) is 13.2 Å². The molecule has 0 unspecified atom stereocenters. The molecule has 10 heteroatoms. The van der Waals surface area contributed by atoms with Crippen LogP contribution in [0, 0.1) is 0 Å². The normalized spacial score (nSPS) is 14.5. The van der Waals surface area contributed by atoms with E-state index in [1.807, 2.05) is 12.1 Å². The van der Waals surface area contributed by atoms with Crippen molar-refractivity contribution in [1.82, 2.24) is 29.9 Å². The number of pyridine rings is 1. The summed E-state index contributed by atoms with van der Waals surface area (Å²) in [6.07, 6.45) is 5.10. The first-order chi connectivity index (χ1) is 13.8. The molecule has 0 atom stereocenters. The molecule has 1 saturated heterocycles. The highest BCUT2D eigenvalue weighted by atomic mass is 32.2. The van der Waals surface area contributed by atoms with E-state index in [4.69, 9.17) is 9.26 Å². The van der Waals surface area contributed by atoms with Crippen molar-refractivity contribution < 1.29 is 9.26 Å². The number of ether oxygens (including phenoxy) is 1. The second kappa shape index (κ2) is 9.16. The molecule has 3 aromatic heterocycles. The molecule has 3 aromatic rings. The second-order valence-electron chi connectivity index (χ2n) is 6.33. The van der Waals surface area contributed by atoms with Crippen molar-refractivity contribution in [2.45, 2.75) is 31.5 Å². The molecule has 0 bridgehead atoms. The van der Waals surface area contributed by atoms with Gasteiger partial charge in [0.1, 0.15) is 0 Å². The maximum Gasteiger partial charge on any atom is 0.228 e. The zero-order valence-corrected chi connectivity index (χ0v) is 16.6. The number of anilines is 1. The van der Waals surface area contributed by atoms with Gasteiger partial charge >= 0.3 is 0 Å². The summed E-state index contributed by atoms with van der Waals surface area (Å²) in [7, 11) is 0. The summed E-state index contributed by atoms with van der Waals surface area (Å²) >= 11 is 1.71. The lowest BCUT2D eigenvalue weighted by Crippen LogP contribution is -2.38. The molecule has 1 aliphatic heterocycles. The Bertz CT molecular complexity index is 877. The molecule has 4 heterocycles. The van der Waals surface area contributed by atoms with Gasteiger partial charge < -0.3 is 14.2 Å². The van der Waals surface area contributed by atoms with Crippen LogP contribution in [0.5, 0.6) is 0 Å². The number of hydrogen-bond acceptors (Lipinski definition) is 9. The highest BCUT2D eigenvalue weighted by Gasteiger charge is 2.19. The van der Waals surface area contributed by atoms with Gasteiger partial charge in [-0.05, 0) is 25.5 Å². The Labute approximate surface area is 167 Å². The SMILES string of the molecule is CCn1c(SCCCc2nc(-c3ccncc3)no2)nnc1N1CCOCC1. The topological polar surface area (TPSA) is 95.0 Å². The minimum absolute atomic E-state index is 0.603. The third kappa shape index (κ3) is 4.33. The molecule has 0 saturated carbocycles. The van der Waals surface area contributed by atoms with Crippen LogP contribution in [-0.4, -0.2) is 61.9 Å². The molecule has 0 aromatic carbocycles. The van der Waals surface area contributed by atoms with Gasteiger partial charge in [0.2, 0.25) is 17.7 Å². The molecular formula is C18H23N7O2S. The lowest BCUT2D eigenvalue weighted by molar-refractivity contribution is 0.121. The summed E-state index contributed by atoms with van der Waals surface area (Å²) < 4.78 is 13.0. The molecule has 4 rings (SSSR count). The van der Waals surface area contributed by atoms with E-state index in [2.05, 4.69) is 41.7 Å². The van der Waals surface area contributed by atoms with Crippen LogP contribution in [0.25, 0.3) is 11.4 Å². The largest absolute Gasteiger partial charge is 0.378 e. The van der Waals surface area contributed by atoms with Crippen LogP contribution in [-0.2, 0) is 17.7 Å². The second-order valence-corrected chi connectivity index (χ2v) is 7.39. The Kier molecular flexibility index (Phi) is 6.17. The van der Waals surface area contributed by atoms with Crippen molar-refractivity contribution in [1.29, 1.82) is 0 Å². The molecule has 28 heavy (non-hydrogen) atoms. The van der Waals surface area contributed by atoms with Gasteiger partial charge in [-0.25, -0.2) is 0 Å². The summed E-state index contributed by atoms with van der Waals surface area (Å²) in [6, 6.07) is 3.74. The van der Waals surface area contributed by atoms with Crippen molar-refractivity contribution >= 4 is 17.7 Å². The van der Waals surface area contributed by atoms with E-state index in [9.17, 15) is 0 Å². The van der Waals surface area contributed by atoms with Gasteiger partial charge in [-0.3, -0.25) is 9.55 Å². The Balaban J connectivity index is 1.30. The van der Waals surface area contributed by atoms with Crippen molar-refractivity contribution in [2.75, 3.05) is 37.0 Å². The standard InChI is InChI=1S/C18H23N7O2S/c1-2-25-17(24-9-11-26-12-10-24)21-22-18(25)28-13-3-4-15-20-16(23-27-15)14-5-7-19-8-6-14/h5-8H,2-4,9-13H2,1H3. The van der Waals surface area contributed by atoms with Crippen LogP contribution < -0.4 is 4.90 Å². The molecule has 0 spiro atoms. The first kappa shape index (κ1) is 18.9. The summed E-state index contributed by atoms with van der Waals surface area (Å²) in [5, 5.41) is 13.8. The molecular weight excluding hydrogens is 378 g/mol. The van der Waals surface area contributed by atoms with Crippen LogP contribution in [0.2, 0.25) is 0 Å². The van der Waals surface area contributed by atoms with Crippen molar-refractivity contribution in [3.05, 3.63) is 30.4 Å². The average molecular weight is 401 g/mol. The summed E-state index contributed by atoms with van der Waals surface area (Å²) in [4.78, 5) is 10.7. The Morgan fingerprint density at radius 1 is 1.14 bits per heavy atom. The predicted octanol–water partition coefficient (Wildman–Crippen LogP) is 2.30. The van der Waals surface area contributed by atoms with Crippen LogP contribution >= 0.6 is 11.8 Å². The molecule has 1 aliphatic rings. The molecule has 0 radical (unpaired) electrons. The highest BCUT2D eigenvalue weighted by molar-refractivity contribution is 7.99. The lowest BCUT2D eigenvalue weighted by atomic mass is 10.2. The third-order valence-corrected chi connectivity index (χ3v) is 5.53. The molecule has 0 aliphatic carbocycles. The fourth-order valence-corrected chi connectivity index (χ4v) is 3.96. The number of thioether (sulfide) groups is 1. The maximum absolute atomic E-state index is 5.43. The zero-order valence-electron chi connectivity index (χ0n) is 15.8. The van der Waals surface area contributed by atoms with Crippen molar-refractivity contribution in [3.8, 4) is 11.4 Å². The highest BCUT2D eigenvalue weighted by Crippen LogP contribution is 2.23. The number of aromatic nitrogens is 6. The Hall–Kier alpha value is -2.46. The first-order valence-corrected chi connectivity index (χ1v) is 10.5. The number of morpholine rings is 1. The lowest BCUT2D eigenvalue weighted by Gasteiger charge is -2.27. The number of nitrogens with zero attached hydrogens (tertiary/aromatic N) is 7. The molecule has 9 nitrogen and oxygen atoms in total. The van der Waals surface area contributed by atoms with E-state index in [0.29, 0.717) is 11.7 Å². The minimum atomic E-state index is 0.603. The molecule has 148 valence electrons.